The molecule has 184 valence electrons. The van der Waals surface area contributed by atoms with Crippen LogP contribution in [0.25, 0.3) is 0 Å². The number of benzene rings is 2. The molecule has 1 saturated heterocycles. The summed E-state index contributed by atoms with van der Waals surface area (Å²) in [5, 5.41) is 9.84. The highest BCUT2D eigenvalue weighted by atomic mass is 127. The molecule has 1 amide bonds. The average Bonchev–Trinajstić information content (AvgIpc) is 3.49. The maximum atomic E-state index is 11.9. The van der Waals surface area contributed by atoms with Crippen molar-refractivity contribution in [3.63, 3.8) is 0 Å². The van der Waals surface area contributed by atoms with Gasteiger partial charge in [0.05, 0.1) is 6.04 Å². The number of amides is 1. The van der Waals surface area contributed by atoms with Crippen molar-refractivity contribution in [3.05, 3.63) is 65.7 Å². The number of ether oxygens (including phenoxy) is 1. The Morgan fingerprint density at radius 2 is 1.85 bits per heavy atom. The zero-order chi connectivity index (χ0) is 22.9. The molecule has 3 N–H and O–H groups in total. The van der Waals surface area contributed by atoms with E-state index in [0.29, 0.717) is 24.4 Å². The molecule has 1 aliphatic heterocycles. The Bertz CT molecular complexity index is 930. The Kier molecular flexibility index (Phi) is 10.5. The molecule has 0 bridgehead atoms. The monoisotopic (exact) mass is 577 g/mol. The first-order valence-corrected chi connectivity index (χ1v) is 12.0. The van der Waals surface area contributed by atoms with Crippen LogP contribution in [-0.2, 0) is 11.3 Å². The minimum atomic E-state index is -0.0587. The van der Waals surface area contributed by atoms with Crippen molar-refractivity contribution in [3.8, 4) is 5.75 Å². The number of rotatable bonds is 10. The van der Waals surface area contributed by atoms with Crippen molar-refractivity contribution in [1.82, 2.24) is 20.9 Å². The van der Waals surface area contributed by atoms with Crippen molar-refractivity contribution in [1.29, 1.82) is 0 Å². The van der Waals surface area contributed by atoms with E-state index in [1.807, 2.05) is 24.3 Å². The molecule has 0 spiro atoms. The number of guanidine groups is 1. The molecule has 1 aliphatic carbocycles. The smallest absolute Gasteiger partial charge is 0.258 e. The lowest BCUT2D eigenvalue weighted by atomic mass is 10.1. The summed E-state index contributed by atoms with van der Waals surface area (Å²) in [7, 11) is 1.79. The maximum absolute atomic E-state index is 11.9. The van der Waals surface area contributed by atoms with Gasteiger partial charge in [0.1, 0.15) is 5.75 Å². The van der Waals surface area contributed by atoms with E-state index in [0.717, 1.165) is 44.0 Å². The molecule has 1 atom stereocenters. The third-order valence-corrected chi connectivity index (χ3v) is 6.12. The number of aliphatic imine (C=N–C) groups is 1. The number of hydrogen-bond acceptors (Lipinski definition) is 4. The Morgan fingerprint density at radius 1 is 1.09 bits per heavy atom. The van der Waals surface area contributed by atoms with Crippen molar-refractivity contribution >= 4 is 35.8 Å². The summed E-state index contributed by atoms with van der Waals surface area (Å²) in [6.07, 6.45) is 4.67. The van der Waals surface area contributed by atoms with E-state index in [2.05, 4.69) is 56.2 Å². The molecule has 7 nitrogen and oxygen atoms in total. The number of carbonyl (C=O) groups excluding carboxylic acids is 1. The van der Waals surface area contributed by atoms with E-state index in [1.165, 1.54) is 18.4 Å². The van der Waals surface area contributed by atoms with Gasteiger partial charge in [0.15, 0.2) is 12.6 Å². The van der Waals surface area contributed by atoms with Crippen LogP contribution in [0.4, 0.5) is 0 Å². The fourth-order valence-electron chi connectivity index (χ4n) is 4.18. The maximum Gasteiger partial charge on any atom is 0.258 e. The largest absolute Gasteiger partial charge is 0.484 e. The molecule has 4 rings (SSSR count). The van der Waals surface area contributed by atoms with Crippen molar-refractivity contribution in [2.24, 2.45) is 4.99 Å². The van der Waals surface area contributed by atoms with E-state index in [4.69, 9.17) is 4.74 Å². The summed E-state index contributed by atoms with van der Waals surface area (Å²) in [4.78, 5) is 18.8. The Hall–Kier alpha value is -2.33. The first kappa shape index (κ1) is 26.3. The van der Waals surface area contributed by atoms with Gasteiger partial charge in [-0.1, -0.05) is 42.5 Å². The molecule has 2 aliphatic rings. The van der Waals surface area contributed by atoms with Crippen molar-refractivity contribution in [2.45, 2.75) is 44.3 Å². The minimum absolute atomic E-state index is 0. The van der Waals surface area contributed by atoms with Crippen LogP contribution in [0.1, 0.15) is 42.9 Å². The van der Waals surface area contributed by atoms with Gasteiger partial charge in [-0.2, -0.15) is 0 Å². The van der Waals surface area contributed by atoms with Gasteiger partial charge < -0.3 is 20.7 Å². The number of carbonyl (C=O) groups is 1. The molecule has 0 radical (unpaired) electrons. The molecule has 2 fully saturated rings. The molecule has 1 heterocycles. The van der Waals surface area contributed by atoms with Gasteiger partial charge in [0, 0.05) is 26.2 Å². The molecule has 2 aromatic rings. The average molecular weight is 578 g/mol. The predicted octanol–water partition coefficient (Wildman–Crippen LogP) is 3.46. The molecule has 0 aromatic heterocycles. The van der Waals surface area contributed by atoms with Gasteiger partial charge in [-0.15, -0.1) is 24.0 Å². The van der Waals surface area contributed by atoms with Gasteiger partial charge in [-0.25, -0.2) is 0 Å². The number of halogens is 1. The van der Waals surface area contributed by atoms with Gasteiger partial charge in [-0.05, 0) is 62.0 Å². The van der Waals surface area contributed by atoms with Gasteiger partial charge in [0.2, 0.25) is 0 Å². The van der Waals surface area contributed by atoms with Crippen LogP contribution in [0.5, 0.6) is 5.75 Å². The molecule has 34 heavy (non-hydrogen) atoms. The van der Waals surface area contributed by atoms with E-state index in [1.54, 1.807) is 7.05 Å². The van der Waals surface area contributed by atoms with Crippen LogP contribution in [0, 0.1) is 0 Å². The van der Waals surface area contributed by atoms with E-state index < -0.39 is 0 Å². The summed E-state index contributed by atoms with van der Waals surface area (Å²) in [6, 6.07) is 19.2. The van der Waals surface area contributed by atoms with E-state index >= 15 is 0 Å². The minimum Gasteiger partial charge on any atom is -0.484 e. The third kappa shape index (κ3) is 8.16. The highest BCUT2D eigenvalue weighted by Gasteiger charge is 2.24. The summed E-state index contributed by atoms with van der Waals surface area (Å²) < 4.78 is 5.66. The Labute approximate surface area is 219 Å². The first-order valence-electron chi connectivity index (χ1n) is 12.0. The highest BCUT2D eigenvalue weighted by Crippen LogP contribution is 2.24. The summed E-state index contributed by atoms with van der Waals surface area (Å²) in [5.74, 6) is 1.41. The van der Waals surface area contributed by atoms with Crippen molar-refractivity contribution in [2.75, 3.05) is 33.3 Å². The second-order valence-electron chi connectivity index (χ2n) is 8.75. The second kappa shape index (κ2) is 13.5. The van der Waals surface area contributed by atoms with E-state index in [-0.39, 0.29) is 36.5 Å². The van der Waals surface area contributed by atoms with E-state index in [9.17, 15) is 4.79 Å². The first-order chi connectivity index (χ1) is 16.2. The quantitative estimate of drug-likeness (QED) is 0.229. The van der Waals surface area contributed by atoms with Crippen LogP contribution in [0.3, 0.4) is 0 Å². The number of nitrogens with one attached hydrogen (secondary N) is 3. The lowest BCUT2D eigenvalue weighted by molar-refractivity contribution is -0.123. The van der Waals surface area contributed by atoms with Gasteiger partial charge >= 0.3 is 0 Å². The number of nitrogens with zero attached hydrogens (tertiary/aromatic N) is 2. The number of likely N-dealkylation sites (tertiary alicyclic amines) is 1. The lowest BCUT2D eigenvalue weighted by Gasteiger charge is -2.29. The van der Waals surface area contributed by atoms with Gasteiger partial charge in [0.25, 0.3) is 5.91 Å². The molecule has 1 saturated carbocycles. The second-order valence-corrected chi connectivity index (χ2v) is 8.75. The fourth-order valence-corrected chi connectivity index (χ4v) is 4.18. The molecule has 2 aromatic carbocycles. The van der Waals surface area contributed by atoms with Gasteiger partial charge in [-0.3, -0.25) is 14.7 Å². The molecule has 1 unspecified atom stereocenters. The van der Waals surface area contributed by atoms with Crippen LogP contribution >= 0.6 is 24.0 Å². The lowest BCUT2D eigenvalue weighted by Crippen LogP contribution is -2.42. The van der Waals surface area contributed by atoms with Crippen molar-refractivity contribution < 1.29 is 9.53 Å². The van der Waals surface area contributed by atoms with Crippen LogP contribution < -0.4 is 20.7 Å². The zero-order valence-electron chi connectivity index (χ0n) is 19.8. The molecular weight excluding hydrogens is 541 g/mol. The van der Waals surface area contributed by atoms with Crippen LogP contribution in [0.15, 0.2) is 59.6 Å². The van der Waals surface area contributed by atoms with Crippen LogP contribution in [0.2, 0.25) is 0 Å². The summed E-state index contributed by atoms with van der Waals surface area (Å²) in [5.41, 5.74) is 2.40. The SMILES string of the molecule is CN=C(NCc1cccc(OCC(=O)NC2CC2)c1)NCC(c1ccccc1)N1CCCC1.I. The molecule has 8 heteroatoms. The predicted molar refractivity (Wildman–Crippen MR) is 147 cm³/mol. The standard InChI is InChI=1S/C26H35N5O2.HI/c1-27-26(29-18-24(31-14-5-6-15-31)21-9-3-2-4-10-21)28-17-20-8-7-11-23(16-20)33-19-25(32)30-22-12-13-22;/h2-4,7-11,16,22,24H,5-6,12-15,17-19H2,1H3,(H,30,32)(H2,27,28,29);1H. The van der Waals surface area contributed by atoms with Crippen LogP contribution in [-0.4, -0.2) is 56.1 Å². The third-order valence-electron chi connectivity index (χ3n) is 6.12. The normalized spacial score (nSPS) is 16.9. The number of hydrogen-bond donors (Lipinski definition) is 3. The molecular formula is C26H36IN5O2. The fraction of sp³-hybridized carbons (Fsp3) is 0.462. The topological polar surface area (TPSA) is 78.0 Å². The zero-order valence-corrected chi connectivity index (χ0v) is 22.2. The summed E-state index contributed by atoms with van der Waals surface area (Å²) in [6.45, 7) is 3.74. The highest BCUT2D eigenvalue weighted by molar-refractivity contribution is 14.0. The Morgan fingerprint density at radius 3 is 2.56 bits per heavy atom. The Balaban J connectivity index is 0.00000324. The summed E-state index contributed by atoms with van der Waals surface area (Å²) >= 11 is 0.